The zero-order chi connectivity index (χ0) is 20.6. The molecule has 0 aliphatic carbocycles. The van der Waals surface area contributed by atoms with Crippen LogP contribution < -0.4 is 4.31 Å². The van der Waals surface area contributed by atoms with Crippen molar-refractivity contribution in [3.63, 3.8) is 0 Å². The quantitative estimate of drug-likeness (QED) is 0.553. The Labute approximate surface area is 171 Å². The van der Waals surface area contributed by atoms with Crippen molar-refractivity contribution in [3.8, 4) is 0 Å². The molecule has 4 rings (SSSR count). The number of halogens is 2. The van der Waals surface area contributed by atoms with E-state index in [1.54, 1.807) is 35.7 Å². The second kappa shape index (κ2) is 7.68. The van der Waals surface area contributed by atoms with Crippen molar-refractivity contribution in [2.75, 3.05) is 10.8 Å². The molecule has 0 radical (unpaired) electrons. The number of aryl methyl sites for hydroxylation is 1. The lowest BCUT2D eigenvalue weighted by Gasteiger charge is -2.30. The molecule has 0 saturated carbocycles. The number of anilines is 1. The van der Waals surface area contributed by atoms with Crippen LogP contribution in [0.1, 0.15) is 27.9 Å². The van der Waals surface area contributed by atoms with Crippen LogP contribution in [0.5, 0.6) is 0 Å². The van der Waals surface area contributed by atoms with Crippen molar-refractivity contribution in [3.05, 3.63) is 82.2 Å². The van der Waals surface area contributed by atoms with Gasteiger partial charge < -0.3 is 0 Å². The number of fused-ring (bicyclic) bond motifs is 1. The molecular weight excluding hydrogens is 416 g/mol. The predicted molar refractivity (Wildman–Crippen MR) is 108 cm³/mol. The maximum atomic E-state index is 13.9. The Bertz CT molecular complexity index is 1150. The van der Waals surface area contributed by atoms with Gasteiger partial charge >= 0.3 is 0 Å². The average molecular weight is 434 g/mol. The standard InChI is InChI=1S/C21H17F2NO3S2/c22-16-5-1-6-17(23)21(16)19(25)13-14-8-9-15-4-2-10-24(18(15)12-14)29(26,27)20-7-3-11-28-20/h1,3,5-9,11-12H,2,4,10,13H2. The Morgan fingerprint density at radius 1 is 1.07 bits per heavy atom. The fourth-order valence-corrected chi connectivity index (χ4v) is 6.14. The number of thiophene rings is 1. The van der Waals surface area contributed by atoms with Crippen LogP contribution in [0.3, 0.4) is 0 Å². The highest BCUT2D eigenvalue weighted by atomic mass is 32.2. The van der Waals surface area contributed by atoms with E-state index >= 15 is 0 Å². The van der Waals surface area contributed by atoms with E-state index in [1.165, 1.54) is 10.4 Å². The highest BCUT2D eigenvalue weighted by Gasteiger charge is 2.30. The van der Waals surface area contributed by atoms with Crippen LogP contribution in [0, 0.1) is 11.6 Å². The summed E-state index contributed by atoms with van der Waals surface area (Å²) in [4.78, 5) is 12.5. The van der Waals surface area contributed by atoms with Gasteiger partial charge in [-0.3, -0.25) is 9.10 Å². The van der Waals surface area contributed by atoms with Gasteiger partial charge in [0.25, 0.3) is 10.0 Å². The first kappa shape index (κ1) is 19.7. The van der Waals surface area contributed by atoms with Crippen molar-refractivity contribution >= 4 is 32.8 Å². The van der Waals surface area contributed by atoms with Gasteiger partial charge in [0.2, 0.25) is 0 Å². The molecule has 4 nitrogen and oxygen atoms in total. The molecule has 0 bridgehead atoms. The minimum Gasteiger partial charge on any atom is -0.294 e. The molecule has 0 amide bonds. The van der Waals surface area contributed by atoms with Crippen LogP contribution in [0.15, 0.2) is 58.1 Å². The van der Waals surface area contributed by atoms with Crippen LogP contribution in [0.4, 0.5) is 14.5 Å². The van der Waals surface area contributed by atoms with Gasteiger partial charge in [-0.15, -0.1) is 11.3 Å². The third-order valence-electron chi connectivity index (χ3n) is 4.87. The van der Waals surface area contributed by atoms with Gasteiger partial charge in [-0.2, -0.15) is 0 Å². The number of rotatable bonds is 5. The summed E-state index contributed by atoms with van der Waals surface area (Å²) in [6, 6.07) is 11.6. The summed E-state index contributed by atoms with van der Waals surface area (Å²) < 4.78 is 55.5. The molecule has 0 fully saturated rings. The fraction of sp³-hybridized carbons (Fsp3) is 0.190. The summed E-state index contributed by atoms with van der Waals surface area (Å²) in [6.07, 6.45) is 1.19. The number of hydrogen-bond acceptors (Lipinski definition) is 4. The molecule has 1 aliphatic heterocycles. The maximum absolute atomic E-state index is 13.9. The van der Waals surface area contributed by atoms with Gasteiger partial charge in [-0.25, -0.2) is 17.2 Å². The Hall–Kier alpha value is -2.58. The predicted octanol–water partition coefficient (Wildman–Crippen LogP) is 4.59. The Balaban J connectivity index is 1.68. The molecule has 2 heterocycles. The van der Waals surface area contributed by atoms with E-state index in [4.69, 9.17) is 0 Å². The summed E-state index contributed by atoms with van der Waals surface area (Å²) in [5.41, 5.74) is 1.31. The summed E-state index contributed by atoms with van der Waals surface area (Å²) in [6.45, 7) is 0.340. The minimum absolute atomic E-state index is 0.224. The van der Waals surface area contributed by atoms with E-state index in [0.29, 0.717) is 24.2 Å². The van der Waals surface area contributed by atoms with Crippen molar-refractivity contribution in [1.82, 2.24) is 0 Å². The van der Waals surface area contributed by atoms with Crippen LogP contribution in [0.2, 0.25) is 0 Å². The van der Waals surface area contributed by atoms with Gasteiger partial charge in [0.1, 0.15) is 15.8 Å². The lowest BCUT2D eigenvalue weighted by molar-refractivity contribution is 0.0985. The molecule has 2 aromatic carbocycles. The number of hydrogen-bond donors (Lipinski definition) is 0. The van der Waals surface area contributed by atoms with Crippen LogP contribution >= 0.6 is 11.3 Å². The van der Waals surface area contributed by atoms with E-state index in [9.17, 15) is 22.0 Å². The second-order valence-electron chi connectivity index (χ2n) is 6.77. The van der Waals surface area contributed by atoms with Gasteiger partial charge in [-0.1, -0.05) is 24.3 Å². The molecule has 0 N–H and O–H groups in total. The van der Waals surface area contributed by atoms with Crippen molar-refractivity contribution in [2.45, 2.75) is 23.5 Å². The molecule has 0 saturated heterocycles. The van der Waals surface area contributed by atoms with Gasteiger partial charge in [0.05, 0.1) is 11.3 Å². The van der Waals surface area contributed by atoms with Gasteiger partial charge in [0, 0.05) is 13.0 Å². The third kappa shape index (κ3) is 3.70. The molecule has 1 aromatic heterocycles. The zero-order valence-corrected chi connectivity index (χ0v) is 16.9. The van der Waals surface area contributed by atoms with E-state index in [1.807, 2.05) is 0 Å². The van der Waals surface area contributed by atoms with Crippen LogP contribution in [-0.2, 0) is 22.9 Å². The van der Waals surface area contributed by atoms with E-state index in [2.05, 4.69) is 0 Å². The van der Waals surface area contributed by atoms with Gasteiger partial charge in [-0.05, 0) is 53.6 Å². The van der Waals surface area contributed by atoms with Crippen molar-refractivity contribution in [1.29, 1.82) is 0 Å². The Morgan fingerprint density at radius 3 is 2.52 bits per heavy atom. The van der Waals surface area contributed by atoms with Crippen LogP contribution in [-0.4, -0.2) is 20.7 Å². The number of ketones is 1. The molecule has 29 heavy (non-hydrogen) atoms. The number of carbonyl (C=O) groups is 1. The van der Waals surface area contributed by atoms with E-state index in [0.717, 1.165) is 35.5 Å². The molecule has 8 heteroatoms. The largest absolute Gasteiger partial charge is 0.294 e. The molecule has 3 aromatic rings. The topological polar surface area (TPSA) is 54.5 Å². The Morgan fingerprint density at radius 2 is 1.83 bits per heavy atom. The summed E-state index contributed by atoms with van der Waals surface area (Å²) in [5.74, 6) is -2.51. The Kier molecular flexibility index (Phi) is 5.23. The first-order valence-electron chi connectivity index (χ1n) is 9.03. The number of sulfonamides is 1. The zero-order valence-electron chi connectivity index (χ0n) is 15.3. The van der Waals surface area contributed by atoms with Crippen LogP contribution in [0.25, 0.3) is 0 Å². The molecule has 1 aliphatic rings. The normalized spacial score (nSPS) is 13.9. The summed E-state index contributed by atoms with van der Waals surface area (Å²) in [7, 11) is -3.70. The monoisotopic (exact) mass is 433 g/mol. The minimum atomic E-state index is -3.70. The number of benzene rings is 2. The first-order chi connectivity index (χ1) is 13.9. The number of carbonyl (C=O) groups excluding carboxylic acids is 1. The fourth-order valence-electron chi connectivity index (χ4n) is 3.50. The van der Waals surface area contributed by atoms with Crippen molar-refractivity contribution in [2.24, 2.45) is 0 Å². The van der Waals surface area contributed by atoms with Gasteiger partial charge in [0.15, 0.2) is 5.78 Å². The molecule has 0 atom stereocenters. The molecule has 0 unspecified atom stereocenters. The molecule has 0 spiro atoms. The number of Topliss-reactive ketones (excluding diaryl/α,β-unsaturated/α-hetero) is 1. The number of nitrogens with zero attached hydrogens (tertiary/aromatic N) is 1. The lowest BCUT2D eigenvalue weighted by atomic mass is 9.97. The highest BCUT2D eigenvalue weighted by Crippen LogP contribution is 2.34. The SMILES string of the molecule is O=C(Cc1ccc2c(c1)N(S(=O)(=O)c1cccs1)CCC2)c1c(F)cccc1F. The smallest absolute Gasteiger partial charge is 0.273 e. The average Bonchev–Trinajstić information content (AvgIpc) is 3.23. The lowest BCUT2D eigenvalue weighted by Crippen LogP contribution is -2.35. The second-order valence-corrected chi connectivity index (χ2v) is 9.81. The highest BCUT2D eigenvalue weighted by molar-refractivity contribution is 7.94. The van der Waals surface area contributed by atoms with E-state index < -0.39 is 33.0 Å². The summed E-state index contributed by atoms with van der Waals surface area (Å²) >= 11 is 1.15. The maximum Gasteiger partial charge on any atom is 0.273 e. The van der Waals surface area contributed by atoms with Crippen molar-refractivity contribution < 1.29 is 22.0 Å². The summed E-state index contributed by atoms with van der Waals surface area (Å²) in [5, 5.41) is 1.70. The molecular formula is C21H17F2NO3S2. The first-order valence-corrected chi connectivity index (χ1v) is 11.3. The van der Waals surface area contributed by atoms with E-state index in [-0.39, 0.29) is 10.6 Å². The third-order valence-corrected chi connectivity index (χ3v) is 8.06. The molecule has 150 valence electrons.